The standard InChI is InChI=1S/C5H3N6/c1-2-7-4(3-6-1)5-8-10-11-9-5/h2-3H,(H,8,9,10,11). The zero-order valence-electron chi connectivity index (χ0n) is 5.39. The van der Waals surface area contributed by atoms with Crippen LogP contribution in [0.1, 0.15) is 0 Å². The highest BCUT2D eigenvalue weighted by atomic mass is 15.5. The number of aromatic nitrogens is 6. The van der Waals surface area contributed by atoms with Gasteiger partial charge in [0, 0.05) is 0 Å². The number of tetrazole rings is 1. The Morgan fingerprint density at radius 1 is 1.45 bits per heavy atom. The van der Waals surface area contributed by atoms with Crippen molar-refractivity contribution in [1.82, 2.24) is 30.6 Å². The van der Waals surface area contributed by atoms with E-state index in [-0.39, 0.29) is 0 Å². The van der Waals surface area contributed by atoms with Gasteiger partial charge in [-0.1, -0.05) is 0 Å². The third-order valence-electron chi connectivity index (χ3n) is 1.11. The maximum Gasteiger partial charge on any atom is 0.199 e. The van der Waals surface area contributed by atoms with E-state index in [1.54, 1.807) is 0 Å². The fourth-order valence-corrected chi connectivity index (χ4v) is 0.653. The fraction of sp³-hybridized carbons (Fsp3) is 0. The lowest BCUT2D eigenvalue weighted by atomic mass is 10.4. The molecule has 2 rings (SSSR count). The van der Waals surface area contributed by atoms with Crippen molar-refractivity contribution in [1.29, 1.82) is 0 Å². The Labute approximate surface area is 61.7 Å². The first-order valence-electron chi connectivity index (χ1n) is 2.89. The van der Waals surface area contributed by atoms with E-state index >= 15 is 0 Å². The summed E-state index contributed by atoms with van der Waals surface area (Å²) >= 11 is 0. The van der Waals surface area contributed by atoms with E-state index in [1.165, 1.54) is 12.4 Å². The Balaban J connectivity index is 2.46. The third-order valence-corrected chi connectivity index (χ3v) is 1.11. The smallest absolute Gasteiger partial charge is 0.199 e. The van der Waals surface area contributed by atoms with Gasteiger partial charge in [0.05, 0.1) is 12.4 Å². The highest BCUT2D eigenvalue weighted by Gasteiger charge is 2.00. The maximum absolute atomic E-state index is 3.93. The largest absolute Gasteiger partial charge is 0.251 e. The molecule has 0 aliphatic rings. The summed E-state index contributed by atoms with van der Waals surface area (Å²) in [5.41, 5.74) is 0.605. The summed E-state index contributed by atoms with van der Waals surface area (Å²) in [6.45, 7) is 0. The van der Waals surface area contributed by atoms with Crippen LogP contribution in [0.25, 0.3) is 11.5 Å². The number of nitrogens with zero attached hydrogens (tertiary/aromatic N) is 5. The maximum atomic E-state index is 3.93. The number of hydrogen-bond acceptors (Lipinski definition) is 5. The molecule has 0 aliphatic carbocycles. The highest BCUT2D eigenvalue weighted by molar-refractivity contribution is 5.44. The van der Waals surface area contributed by atoms with Crippen LogP contribution in [-0.2, 0) is 0 Å². The Kier molecular flexibility index (Phi) is 1.29. The molecule has 53 valence electrons. The fourth-order valence-electron chi connectivity index (χ4n) is 0.653. The minimum absolute atomic E-state index is 0.506. The lowest BCUT2D eigenvalue weighted by molar-refractivity contribution is 0.881. The summed E-state index contributed by atoms with van der Waals surface area (Å²) in [7, 11) is 0. The SMILES string of the molecule is [c]1cnc(-c2nnn[nH]2)cn1. The quantitative estimate of drug-likeness (QED) is 0.585. The topological polar surface area (TPSA) is 80.2 Å². The Morgan fingerprint density at radius 2 is 2.45 bits per heavy atom. The van der Waals surface area contributed by atoms with Gasteiger partial charge < -0.3 is 0 Å². The van der Waals surface area contributed by atoms with Gasteiger partial charge in [-0.25, -0.2) is 10.1 Å². The van der Waals surface area contributed by atoms with E-state index < -0.39 is 0 Å². The average Bonchev–Trinajstić information content (AvgIpc) is 2.58. The van der Waals surface area contributed by atoms with Crippen LogP contribution in [0.5, 0.6) is 0 Å². The summed E-state index contributed by atoms with van der Waals surface area (Å²) in [5, 5.41) is 13.0. The van der Waals surface area contributed by atoms with Crippen molar-refractivity contribution >= 4 is 0 Å². The molecule has 2 aromatic heterocycles. The first-order chi connectivity index (χ1) is 5.47. The van der Waals surface area contributed by atoms with E-state index in [0.717, 1.165) is 0 Å². The van der Waals surface area contributed by atoms with E-state index in [0.29, 0.717) is 11.5 Å². The van der Waals surface area contributed by atoms with Crippen LogP contribution >= 0.6 is 0 Å². The van der Waals surface area contributed by atoms with E-state index in [2.05, 4.69) is 36.8 Å². The van der Waals surface area contributed by atoms with Gasteiger partial charge in [0.15, 0.2) is 5.82 Å². The van der Waals surface area contributed by atoms with Crippen LogP contribution in [0.4, 0.5) is 0 Å². The molecular weight excluding hydrogens is 144 g/mol. The molecule has 0 spiro atoms. The molecule has 2 aromatic rings. The second-order valence-corrected chi connectivity index (χ2v) is 1.78. The van der Waals surface area contributed by atoms with Crippen molar-refractivity contribution in [3.8, 4) is 11.5 Å². The molecule has 1 radical (unpaired) electrons. The van der Waals surface area contributed by atoms with Gasteiger partial charge in [0.2, 0.25) is 0 Å². The number of nitrogens with one attached hydrogen (secondary N) is 1. The van der Waals surface area contributed by atoms with E-state index in [4.69, 9.17) is 0 Å². The first-order valence-corrected chi connectivity index (χ1v) is 2.89. The lowest BCUT2D eigenvalue weighted by Gasteiger charge is -1.88. The lowest BCUT2D eigenvalue weighted by Crippen LogP contribution is -1.86. The van der Waals surface area contributed by atoms with Crippen molar-refractivity contribution in [2.45, 2.75) is 0 Å². The summed E-state index contributed by atoms with van der Waals surface area (Å²) < 4.78 is 0. The molecule has 1 N–H and O–H groups in total. The van der Waals surface area contributed by atoms with Crippen LogP contribution in [0.2, 0.25) is 0 Å². The molecule has 0 saturated heterocycles. The molecule has 0 aromatic carbocycles. The Morgan fingerprint density at radius 3 is 3.09 bits per heavy atom. The minimum Gasteiger partial charge on any atom is -0.251 e. The van der Waals surface area contributed by atoms with Crippen molar-refractivity contribution < 1.29 is 0 Å². The van der Waals surface area contributed by atoms with Crippen LogP contribution < -0.4 is 0 Å². The van der Waals surface area contributed by atoms with E-state index in [1.807, 2.05) is 0 Å². The Hall–Kier alpha value is -1.85. The van der Waals surface area contributed by atoms with Crippen LogP contribution in [0.15, 0.2) is 12.4 Å². The molecule has 0 unspecified atom stereocenters. The summed E-state index contributed by atoms with van der Waals surface area (Å²) in [6.07, 6.45) is 5.54. The third kappa shape index (κ3) is 1.05. The number of rotatable bonds is 1. The van der Waals surface area contributed by atoms with Crippen molar-refractivity contribution in [3.05, 3.63) is 18.6 Å². The van der Waals surface area contributed by atoms with Crippen LogP contribution in [-0.4, -0.2) is 30.6 Å². The summed E-state index contributed by atoms with van der Waals surface area (Å²) in [5.74, 6) is 0.506. The van der Waals surface area contributed by atoms with Gasteiger partial charge in [-0.05, 0) is 10.4 Å². The molecular formula is C5H3N6. The zero-order chi connectivity index (χ0) is 7.52. The monoisotopic (exact) mass is 147 g/mol. The van der Waals surface area contributed by atoms with Gasteiger partial charge in [-0.3, -0.25) is 4.98 Å². The zero-order valence-corrected chi connectivity index (χ0v) is 5.39. The van der Waals surface area contributed by atoms with Crippen LogP contribution in [0.3, 0.4) is 0 Å². The predicted molar refractivity (Wildman–Crippen MR) is 34.0 cm³/mol. The molecule has 0 aliphatic heterocycles. The molecule has 2 heterocycles. The molecule has 0 saturated carbocycles. The molecule has 0 atom stereocenters. The minimum atomic E-state index is 0.506. The van der Waals surface area contributed by atoms with Crippen molar-refractivity contribution in [3.63, 3.8) is 0 Å². The molecule has 0 fully saturated rings. The summed E-state index contributed by atoms with van der Waals surface area (Å²) in [6, 6.07) is 0. The van der Waals surface area contributed by atoms with E-state index in [9.17, 15) is 0 Å². The van der Waals surface area contributed by atoms with Crippen molar-refractivity contribution in [2.75, 3.05) is 0 Å². The number of H-pyrrole nitrogens is 1. The normalized spacial score (nSPS) is 9.82. The molecule has 6 nitrogen and oxygen atoms in total. The second kappa shape index (κ2) is 2.41. The molecule has 0 amide bonds. The summed E-state index contributed by atoms with van der Waals surface area (Å²) in [4.78, 5) is 7.67. The van der Waals surface area contributed by atoms with Gasteiger partial charge >= 0.3 is 0 Å². The number of hydrogen-bond donors (Lipinski definition) is 1. The molecule has 0 bridgehead atoms. The van der Waals surface area contributed by atoms with Crippen LogP contribution in [0, 0.1) is 6.20 Å². The predicted octanol–water partition coefficient (Wildman–Crippen LogP) is -0.543. The Bertz CT molecular complexity index is 314. The first kappa shape index (κ1) is 5.90. The molecule has 11 heavy (non-hydrogen) atoms. The average molecular weight is 147 g/mol. The second-order valence-electron chi connectivity index (χ2n) is 1.78. The van der Waals surface area contributed by atoms with Gasteiger partial charge in [-0.15, -0.1) is 5.10 Å². The van der Waals surface area contributed by atoms with Gasteiger partial charge in [0.1, 0.15) is 11.9 Å². The number of aromatic amines is 1. The van der Waals surface area contributed by atoms with Gasteiger partial charge in [-0.2, -0.15) is 0 Å². The van der Waals surface area contributed by atoms with Crippen molar-refractivity contribution in [2.24, 2.45) is 0 Å². The molecule has 6 heteroatoms. The van der Waals surface area contributed by atoms with Gasteiger partial charge in [0.25, 0.3) is 0 Å². The highest BCUT2D eigenvalue weighted by Crippen LogP contribution is 2.04.